The molecule has 3 nitrogen and oxygen atoms in total. The fourth-order valence-corrected chi connectivity index (χ4v) is 3.61. The number of likely N-dealkylation sites (N-methyl/N-ethyl adjacent to an activating group) is 1. The lowest BCUT2D eigenvalue weighted by Gasteiger charge is -2.21. The summed E-state index contributed by atoms with van der Waals surface area (Å²) >= 11 is 5.04. The number of rotatable bonds is 4. The van der Waals surface area contributed by atoms with Crippen molar-refractivity contribution in [3.05, 3.63) is 69.7 Å². The SMILES string of the molecule is C[C@H](c1nc2ccccc2s1)N(C)C(=O)/C=C/c1ccc(Br)cc1. The van der Waals surface area contributed by atoms with Gasteiger partial charge < -0.3 is 4.90 Å². The van der Waals surface area contributed by atoms with Crippen molar-refractivity contribution in [1.29, 1.82) is 0 Å². The fourth-order valence-electron chi connectivity index (χ4n) is 2.28. The van der Waals surface area contributed by atoms with E-state index in [9.17, 15) is 4.79 Å². The number of thiazole rings is 1. The van der Waals surface area contributed by atoms with E-state index in [4.69, 9.17) is 0 Å². The molecule has 0 aliphatic carbocycles. The van der Waals surface area contributed by atoms with Crippen molar-refractivity contribution in [2.75, 3.05) is 7.05 Å². The lowest BCUT2D eigenvalue weighted by atomic mass is 10.2. The third-order valence-electron chi connectivity index (χ3n) is 3.88. The molecule has 0 fully saturated rings. The molecular weight excluding hydrogens is 384 g/mol. The molecule has 0 saturated carbocycles. The maximum atomic E-state index is 12.4. The third kappa shape index (κ3) is 3.74. The van der Waals surface area contributed by atoms with Crippen LogP contribution >= 0.6 is 27.3 Å². The second-order valence-electron chi connectivity index (χ2n) is 5.53. The largest absolute Gasteiger partial charge is 0.333 e. The van der Waals surface area contributed by atoms with Crippen molar-refractivity contribution in [1.82, 2.24) is 9.88 Å². The Labute approximate surface area is 153 Å². The van der Waals surface area contributed by atoms with Gasteiger partial charge in [0.05, 0.1) is 16.3 Å². The molecule has 1 aromatic heterocycles. The summed E-state index contributed by atoms with van der Waals surface area (Å²) in [5, 5.41) is 0.948. The number of halogens is 1. The summed E-state index contributed by atoms with van der Waals surface area (Å²) in [6.45, 7) is 2.00. The van der Waals surface area contributed by atoms with Crippen LogP contribution < -0.4 is 0 Å². The fraction of sp³-hybridized carbons (Fsp3) is 0.158. The van der Waals surface area contributed by atoms with Crippen molar-refractivity contribution in [2.24, 2.45) is 0 Å². The number of nitrogens with zero attached hydrogens (tertiary/aromatic N) is 2. The van der Waals surface area contributed by atoms with Crippen LogP contribution in [0.15, 0.2) is 59.1 Å². The first-order valence-corrected chi connectivity index (χ1v) is 9.21. The maximum Gasteiger partial charge on any atom is 0.246 e. The molecular formula is C19H17BrN2OS. The molecule has 0 aliphatic rings. The smallest absolute Gasteiger partial charge is 0.246 e. The Kier molecular flexibility index (Phi) is 5.11. The van der Waals surface area contributed by atoms with Crippen molar-refractivity contribution in [3.8, 4) is 0 Å². The zero-order valence-corrected chi connectivity index (χ0v) is 15.8. The van der Waals surface area contributed by atoms with Crippen LogP contribution in [0.2, 0.25) is 0 Å². The summed E-state index contributed by atoms with van der Waals surface area (Å²) in [4.78, 5) is 18.8. The minimum atomic E-state index is -0.0653. The number of amides is 1. The van der Waals surface area contributed by atoms with Gasteiger partial charge in [0.15, 0.2) is 0 Å². The molecule has 0 radical (unpaired) electrons. The zero-order valence-electron chi connectivity index (χ0n) is 13.4. The Morgan fingerprint density at radius 2 is 1.92 bits per heavy atom. The van der Waals surface area contributed by atoms with Crippen molar-refractivity contribution >= 4 is 49.5 Å². The normalized spacial score (nSPS) is 12.6. The van der Waals surface area contributed by atoms with Gasteiger partial charge in [-0.25, -0.2) is 4.98 Å². The lowest BCUT2D eigenvalue weighted by molar-refractivity contribution is -0.126. The zero-order chi connectivity index (χ0) is 17.1. The Hall–Kier alpha value is -1.98. The molecule has 0 N–H and O–H groups in total. The highest BCUT2D eigenvalue weighted by Gasteiger charge is 2.19. The van der Waals surface area contributed by atoms with Crippen LogP contribution in [0.25, 0.3) is 16.3 Å². The molecule has 0 aliphatic heterocycles. The molecule has 122 valence electrons. The third-order valence-corrected chi connectivity index (χ3v) is 5.62. The molecule has 24 heavy (non-hydrogen) atoms. The summed E-state index contributed by atoms with van der Waals surface area (Å²) in [6, 6.07) is 15.8. The van der Waals surface area contributed by atoms with Crippen LogP contribution in [0.4, 0.5) is 0 Å². The number of fused-ring (bicyclic) bond motifs is 1. The molecule has 1 heterocycles. The minimum Gasteiger partial charge on any atom is -0.333 e. The van der Waals surface area contributed by atoms with E-state index in [1.165, 1.54) is 0 Å². The standard InChI is InChI=1S/C19H17BrN2OS/c1-13(19-21-16-5-3-4-6-17(16)24-19)22(2)18(23)12-9-14-7-10-15(20)11-8-14/h3-13H,1-2H3/b12-9+/t13-/m1/s1. The quantitative estimate of drug-likeness (QED) is 0.557. The summed E-state index contributed by atoms with van der Waals surface area (Å²) < 4.78 is 2.16. The van der Waals surface area contributed by atoms with Crippen molar-refractivity contribution in [2.45, 2.75) is 13.0 Å². The first-order chi connectivity index (χ1) is 11.5. The number of carbonyl (C=O) groups excluding carboxylic acids is 1. The van der Waals surface area contributed by atoms with Crippen LogP contribution in [0.1, 0.15) is 23.5 Å². The van der Waals surface area contributed by atoms with Gasteiger partial charge >= 0.3 is 0 Å². The molecule has 5 heteroatoms. The number of para-hydroxylation sites is 1. The minimum absolute atomic E-state index is 0.0373. The molecule has 1 amide bonds. The van der Waals surface area contributed by atoms with E-state index in [0.29, 0.717) is 0 Å². The van der Waals surface area contributed by atoms with Gasteiger partial charge in [-0.15, -0.1) is 11.3 Å². The average Bonchev–Trinajstić information content (AvgIpc) is 3.03. The summed E-state index contributed by atoms with van der Waals surface area (Å²) in [5.74, 6) is -0.0373. The van der Waals surface area contributed by atoms with Gasteiger partial charge in [0.1, 0.15) is 5.01 Å². The molecule has 0 bridgehead atoms. The monoisotopic (exact) mass is 400 g/mol. The van der Waals surface area contributed by atoms with Crippen LogP contribution in [-0.2, 0) is 4.79 Å². The number of carbonyl (C=O) groups is 1. The van der Waals surface area contributed by atoms with Gasteiger partial charge in [-0.1, -0.05) is 40.2 Å². The number of aromatic nitrogens is 1. The van der Waals surface area contributed by atoms with Gasteiger partial charge in [-0.3, -0.25) is 4.79 Å². The first kappa shape index (κ1) is 16.9. The first-order valence-electron chi connectivity index (χ1n) is 7.60. The number of hydrogen-bond acceptors (Lipinski definition) is 3. The van der Waals surface area contributed by atoms with Gasteiger partial charge in [-0.2, -0.15) is 0 Å². The Morgan fingerprint density at radius 1 is 1.21 bits per heavy atom. The average molecular weight is 401 g/mol. The van der Waals surface area contributed by atoms with E-state index in [1.807, 2.05) is 62.5 Å². The lowest BCUT2D eigenvalue weighted by Crippen LogP contribution is -2.27. The molecule has 0 saturated heterocycles. The topological polar surface area (TPSA) is 33.2 Å². The van der Waals surface area contributed by atoms with Crippen LogP contribution in [0, 0.1) is 0 Å². The van der Waals surface area contributed by atoms with Gasteiger partial charge in [0.2, 0.25) is 5.91 Å². The van der Waals surface area contributed by atoms with E-state index in [0.717, 1.165) is 25.3 Å². The summed E-state index contributed by atoms with van der Waals surface area (Å²) in [7, 11) is 1.81. The molecule has 2 aromatic carbocycles. The molecule has 3 aromatic rings. The number of hydrogen-bond donors (Lipinski definition) is 0. The van der Waals surface area contributed by atoms with Crippen molar-refractivity contribution in [3.63, 3.8) is 0 Å². The van der Waals surface area contributed by atoms with E-state index >= 15 is 0 Å². The Bertz CT molecular complexity index is 853. The highest BCUT2D eigenvalue weighted by atomic mass is 79.9. The van der Waals surface area contributed by atoms with Gasteiger partial charge in [0.25, 0.3) is 0 Å². The summed E-state index contributed by atoms with van der Waals surface area (Å²) in [5.41, 5.74) is 1.98. The second-order valence-corrected chi connectivity index (χ2v) is 7.51. The predicted octanol–water partition coefficient (Wildman–Crippen LogP) is 5.29. The molecule has 0 unspecified atom stereocenters. The summed E-state index contributed by atoms with van der Waals surface area (Å²) in [6.07, 6.45) is 3.43. The molecule has 3 rings (SSSR count). The molecule has 1 atom stereocenters. The van der Waals surface area contributed by atoms with Crippen LogP contribution in [-0.4, -0.2) is 22.8 Å². The van der Waals surface area contributed by atoms with Crippen LogP contribution in [0.5, 0.6) is 0 Å². The van der Waals surface area contributed by atoms with E-state index in [1.54, 1.807) is 22.3 Å². The Balaban J connectivity index is 1.73. The second kappa shape index (κ2) is 7.28. The highest BCUT2D eigenvalue weighted by Crippen LogP contribution is 2.28. The number of benzene rings is 2. The molecule has 0 spiro atoms. The van der Waals surface area contributed by atoms with E-state index in [2.05, 4.69) is 27.0 Å². The predicted molar refractivity (Wildman–Crippen MR) is 104 cm³/mol. The van der Waals surface area contributed by atoms with Gasteiger partial charge in [0, 0.05) is 17.6 Å². The van der Waals surface area contributed by atoms with E-state index in [-0.39, 0.29) is 11.9 Å². The van der Waals surface area contributed by atoms with Crippen molar-refractivity contribution < 1.29 is 4.79 Å². The van der Waals surface area contributed by atoms with Crippen LogP contribution in [0.3, 0.4) is 0 Å². The maximum absolute atomic E-state index is 12.4. The highest BCUT2D eigenvalue weighted by molar-refractivity contribution is 9.10. The van der Waals surface area contributed by atoms with Gasteiger partial charge in [-0.05, 0) is 42.8 Å². The van der Waals surface area contributed by atoms with E-state index < -0.39 is 0 Å². The Morgan fingerprint density at radius 3 is 2.62 bits per heavy atom.